The molecule has 0 bridgehead atoms. The van der Waals surface area contributed by atoms with Gasteiger partial charge < -0.3 is 29.9 Å². The number of rotatable bonds is 6. The van der Waals surface area contributed by atoms with Gasteiger partial charge in [-0.05, 0) is 61.6 Å². The van der Waals surface area contributed by atoms with Crippen molar-refractivity contribution in [3.63, 3.8) is 0 Å². The van der Waals surface area contributed by atoms with Gasteiger partial charge in [0.25, 0.3) is 0 Å². The van der Waals surface area contributed by atoms with Crippen molar-refractivity contribution >= 4 is 22.8 Å². The largest absolute Gasteiger partial charge is 0.479 e. The van der Waals surface area contributed by atoms with Crippen molar-refractivity contribution in [2.45, 2.75) is 58.0 Å². The molecule has 2 atom stereocenters. The van der Waals surface area contributed by atoms with E-state index >= 15 is 0 Å². The van der Waals surface area contributed by atoms with Gasteiger partial charge in [0.1, 0.15) is 11.7 Å². The molecule has 11 heteroatoms. The second kappa shape index (κ2) is 10.3. The first-order valence-electron chi connectivity index (χ1n) is 11.7. The molecule has 2 aromatic carbocycles. The number of aromatic carboxylic acids is 1. The third-order valence-corrected chi connectivity index (χ3v) is 6.40. The zero-order valence-electron chi connectivity index (χ0n) is 20.1. The number of alkyl halides is 2. The van der Waals surface area contributed by atoms with Crippen LogP contribution in [0, 0.1) is 0 Å². The van der Waals surface area contributed by atoms with Crippen LogP contribution in [0.2, 0.25) is 0 Å². The average Bonchev–Trinajstić information content (AvgIpc) is 3.62. The van der Waals surface area contributed by atoms with Crippen LogP contribution in [0.5, 0.6) is 5.75 Å². The number of pyridine rings is 1. The molecule has 0 unspecified atom stereocenters. The van der Waals surface area contributed by atoms with Gasteiger partial charge in [-0.25, -0.2) is 9.59 Å². The number of carboxylic acids is 2. The molecular weight excluding hydrogens is 490 g/mol. The van der Waals surface area contributed by atoms with Gasteiger partial charge in [0, 0.05) is 30.4 Å². The van der Waals surface area contributed by atoms with Gasteiger partial charge in [-0.1, -0.05) is 12.1 Å². The molecule has 37 heavy (non-hydrogen) atoms. The topological polar surface area (TPSA) is 138 Å². The van der Waals surface area contributed by atoms with E-state index in [0.29, 0.717) is 17.7 Å². The zero-order chi connectivity index (χ0) is 27.0. The van der Waals surface area contributed by atoms with E-state index < -0.39 is 30.1 Å². The molecule has 2 heterocycles. The highest BCUT2D eigenvalue weighted by Gasteiger charge is 2.30. The number of carboxylic acid groups (broad SMARTS) is 2. The molecule has 1 fully saturated rings. The molecule has 0 amide bonds. The number of aliphatic hydroxyl groups excluding tert-OH is 1. The number of hydrogen-bond acceptors (Lipinski definition) is 6. The molecule has 5 rings (SSSR count). The summed E-state index contributed by atoms with van der Waals surface area (Å²) in [6.45, 7) is 0.837. The quantitative estimate of drug-likeness (QED) is 0.387. The maximum atomic E-state index is 13.5. The van der Waals surface area contributed by atoms with Crippen LogP contribution in [0.15, 0.2) is 41.3 Å². The molecular formula is C26H26F2N2O7. The monoisotopic (exact) mass is 516 g/mol. The fourth-order valence-electron chi connectivity index (χ4n) is 4.37. The first kappa shape index (κ1) is 26.2. The Morgan fingerprint density at radius 1 is 1.16 bits per heavy atom. The first-order chi connectivity index (χ1) is 17.5. The van der Waals surface area contributed by atoms with Crippen LogP contribution in [0.25, 0.3) is 22.0 Å². The van der Waals surface area contributed by atoms with Crippen LogP contribution in [0.4, 0.5) is 8.78 Å². The van der Waals surface area contributed by atoms with Crippen LogP contribution in [-0.2, 0) is 11.3 Å². The summed E-state index contributed by atoms with van der Waals surface area (Å²) < 4.78 is 33.5. The maximum Gasteiger partial charge on any atom is 0.387 e. The van der Waals surface area contributed by atoms with E-state index in [9.17, 15) is 28.3 Å². The fraction of sp³-hybridized carbons (Fsp3) is 0.346. The number of nitrogens with zero attached hydrogens (tertiary/aromatic N) is 1. The minimum atomic E-state index is -3.10. The number of aliphatic carboxylic acids is 1. The summed E-state index contributed by atoms with van der Waals surface area (Å²) in [6.07, 6.45) is 1.57. The van der Waals surface area contributed by atoms with Gasteiger partial charge in [-0.15, -0.1) is 0 Å². The van der Waals surface area contributed by atoms with Gasteiger partial charge in [0.2, 0.25) is 5.43 Å². The number of nitrogens with one attached hydrogen (secondary N) is 1. The number of ether oxygens (including phenoxy) is 1. The summed E-state index contributed by atoms with van der Waals surface area (Å²) in [5.41, 5.74) is 2.49. The number of aromatic nitrogens is 1. The summed E-state index contributed by atoms with van der Waals surface area (Å²) in [5, 5.41) is 28.6. The van der Waals surface area contributed by atoms with Crippen LogP contribution in [0.3, 0.4) is 0 Å². The number of carbonyl (C=O) groups is 2. The van der Waals surface area contributed by atoms with Crippen molar-refractivity contribution in [3.8, 4) is 16.9 Å². The van der Waals surface area contributed by atoms with Crippen molar-refractivity contribution in [1.82, 2.24) is 9.88 Å². The Morgan fingerprint density at radius 2 is 1.84 bits per heavy atom. The van der Waals surface area contributed by atoms with Crippen molar-refractivity contribution in [3.05, 3.63) is 63.4 Å². The summed E-state index contributed by atoms with van der Waals surface area (Å²) in [6, 6.07) is 8.98. The number of aliphatic hydroxyl groups is 1. The van der Waals surface area contributed by atoms with E-state index in [-0.39, 0.29) is 34.3 Å². The van der Waals surface area contributed by atoms with E-state index in [2.05, 4.69) is 12.2 Å². The van der Waals surface area contributed by atoms with Crippen molar-refractivity contribution < 1.29 is 38.4 Å². The van der Waals surface area contributed by atoms with Gasteiger partial charge in [0.05, 0.1) is 10.9 Å². The minimum Gasteiger partial charge on any atom is -0.479 e. The van der Waals surface area contributed by atoms with Crippen LogP contribution >= 0.6 is 0 Å². The highest BCUT2D eigenvalue weighted by Crippen LogP contribution is 2.43. The van der Waals surface area contributed by atoms with Gasteiger partial charge in [-0.3, -0.25) is 4.79 Å². The second-order valence-electron chi connectivity index (χ2n) is 9.06. The van der Waals surface area contributed by atoms with E-state index in [1.165, 1.54) is 19.2 Å². The summed E-state index contributed by atoms with van der Waals surface area (Å²) in [7, 11) is 0. The molecule has 196 valence electrons. The van der Waals surface area contributed by atoms with Gasteiger partial charge in [0.15, 0.2) is 5.75 Å². The Hall–Kier alpha value is -3.83. The average molecular weight is 516 g/mol. The lowest BCUT2D eigenvalue weighted by atomic mass is 9.96. The highest BCUT2D eigenvalue weighted by atomic mass is 19.3. The Kier molecular flexibility index (Phi) is 7.28. The van der Waals surface area contributed by atoms with Crippen LogP contribution in [-0.4, -0.2) is 44.5 Å². The Labute approximate surface area is 209 Å². The fourth-order valence-corrected chi connectivity index (χ4v) is 4.37. The van der Waals surface area contributed by atoms with Crippen molar-refractivity contribution in [2.75, 3.05) is 0 Å². The smallest absolute Gasteiger partial charge is 0.387 e. The van der Waals surface area contributed by atoms with Crippen molar-refractivity contribution in [2.24, 2.45) is 0 Å². The van der Waals surface area contributed by atoms with Gasteiger partial charge in [-0.2, -0.15) is 8.78 Å². The lowest BCUT2D eigenvalue weighted by Gasteiger charge is -2.19. The highest BCUT2D eigenvalue weighted by molar-refractivity contribution is 5.97. The molecule has 1 saturated carbocycles. The molecule has 0 saturated heterocycles. The van der Waals surface area contributed by atoms with E-state index in [4.69, 9.17) is 14.9 Å². The molecule has 1 aliphatic carbocycles. The number of fused-ring (bicyclic) bond motifs is 2. The maximum absolute atomic E-state index is 13.5. The first-order valence-corrected chi connectivity index (χ1v) is 11.7. The number of benzene rings is 2. The summed E-state index contributed by atoms with van der Waals surface area (Å²) in [5.74, 6) is -2.63. The third-order valence-electron chi connectivity index (χ3n) is 6.40. The van der Waals surface area contributed by atoms with E-state index in [0.717, 1.165) is 24.0 Å². The van der Waals surface area contributed by atoms with E-state index in [1.807, 2.05) is 18.2 Å². The molecule has 2 aliphatic rings. The standard InChI is InChI=1S/C23H20F2N2O4.C3H6O3/c1-11-15-5-2-12(8-13(15)9-26-11)16-6-7-17-19(21(16)31-23(24)25)27(14-3-4-14)10-18(20(17)28)22(29)30;1-2(4)3(5)6/h2,5-8,10-11,14,23,26H,3-4,9H2,1H3,(H,29,30);2,4H,1H3,(H,5,6)/t11-;2-/m10/s1. The molecule has 0 spiro atoms. The second-order valence-corrected chi connectivity index (χ2v) is 9.06. The third kappa shape index (κ3) is 5.32. The van der Waals surface area contributed by atoms with Gasteiger partial charge >= 0.3 is 18.6 Å². The lowest BCUT2D eigenvalue weighted by Crippen LogP contribution is -2.19. The van der Waals surface area contributed by atoms with Crippen molar-refractivity contribution in [1.29, 1.82) is 0 Å². The van der Waals surface area contributed by atoms with Crippen LogP contribution < -0.4 is 15.5 Å². The summed E-state index contributed by atoms with van der Waals surface area (Å²) in [4.78, 5) is 33.8. The Morgan fingerprint density at radius 3 is 2.41 bits per heavy atom. The molecule has 1 aromatic heterocycles. The normalized spacial score (nSPS) is 17.2. The number of halogens is 2. The molecule has 1 aliphatic heterocycles. The van der Waals surface area contributed by atoms with Crippen LogP contribution in [0.1, 0.15) is 60.3 Å². The lowest BCUT2D eigenvalue weighted by molar-refractivity contribution is -0.145. The molecule has 0 radical (unpaired) electrons. The minimum absolute atomic E-state index is 0.0541. The Balaban J connectivity index is 0.000000480. The molecule has 9 nitrogen and oxygen atoms in total. The molecule has 3 aromatic rings. The molecule has 4 N–H and O–H groups in total. The zero-order valence-corrected chi connectivity index (χ0v) is 20.1. The predicted molar refractivity (Wildman–Crippen MR) is 130 cm³/mol. The predicted octanol–water partition coefficient (Wildman–Crippen LogP) is 3.92. The SMILES string of the molecule is C[C@H](O)C(=O)O.C[C@H]1NCc2cc(-c3ccc4c(=O)c(C(=O)O)cn(C5CC5)c4c3OC(F)F)ccc21. The summed E-state index contributed by atoms with van der Waals surface area (Å²) >= 11 is 0. The number of hydrogen-bond donors (Lipinski definition) is 4. The van der Waals surface area contributed by atoms with E-state index in [1.54, 1.807) is 10.6 Å². The Bertz CT molecular complexity index is 1430.